The summed E-state index contributed by atoms with van der Waals surface area (Å²) in [5, 5.41) is 7.06. The molecule has 2 saturated heterocycles. The maximum atomic E-state index is 12.5. The Morgan fingerprint density at radius 2 is 1.93 bits per heavy atom. The minimum atomic E-state index is -0.210. The van der Waals surface area contributed by atoms with Gasteiger partial charge in [0.25, 0.3) is 5.91 Å². The van der Waals surface area contributed by atoms with Crippen molar-refractivity contribution in [3.63, 3.8) is 0 Å². The standard InChI is InChI=1S/C20H29N5O3/c1-23-12-17(10-22-23)20(28)24-6-4-15(5-7-24)11-25-13-16(8-18(25)26)19(27)21-9-14-2-3-14/h10,12,14-16H,2-9,11,13H2,1H3,(H,21,27). The maximum Gasteiger partial charge on any atom is 0.257 e. The predicted octanol–water partition coefficient (Wildman–Crippen LogP) is 0.647. The van der Waals surface area contributed by atoms with Crippen molar-refractivity contribution in [3.8, 4) is 0 Å². The molecule has 0 aromatic carbocycles. The SMILES string of the molecule is Cn1cc(C(=O)N2CCC(CN3CC(C(=O)NCC4CC4)CC3=O)CC2)cn1. The Morgan fingerprint density at radius 3 is 2.57 bits per heavy atom. The Bertz CT molecular complexity index is 749. The van der Waals surface area contributed by atoms with E-state index in [1.807, 2.05) is 9.80 Å². The van der Waals surface area contributed by atoms with E-state index >= 15 is 0 Å². The van der Waals surface area contributed by atoms with E-state index in [9.17, 15) is 14.4 Å². The average molecular weight is 387 g/mol. The number of amides is 3. The molecule has 0 bridgehead atoms. The summed E-state index contributed by atoms with van der Waals surface area (Å²) in [5.41, 5.74) is 0.621. The molecule has 3 heterocycles. The van der Waals surface area contributed by atoms with Crippen molar-refractivity contribution in [3.05, 3.63) is 18.0 Å². The number of carbonyl (C=O) groups excluding carboxylic acids is 3. The summed E-state index contributed by atoms with van der Waals surface area (Å²) in [7, 11) is 1.80. The van der Waals surface area contributed by atoms with Crippen molar-refractivity contribution in [2.45, 2.75) is 32.1 Å². The summed E-state index contributed by atoms with van der Waals surface area (Å²) < 4.78 is 1.64. The number of nitrogens with zero attached hydrogens (tertiary/aromatic N) is 4. The molecule has 8 heteroatoms. The second-order valence-electron chi connectivity index (χ2n) is 8.53. The van der Waals surface area contributed by atoms with Crippen LogP contribution < -0.4 is 5.32 Å². The quantitative estimate of drug-likeness (QED) is 0.776. The van der Waals surface area contributed by atoms with Crippen LogP contribution in [-0.2, 0) is 16.6 Å². The van der Waals surface area contributed by atoms with Gasteiger partial charge in [0, 0.05) is 52.4 Å². The van der Waals surface area contributed by atoms with E-state index in [0.717, 1.165) is 19.4 Å². The lowest BCUT2D eigenvalue weighted by molar-refractivity contribution is -0.129. The van der Waals surface area contributed by atoms with E-state index in [2.05, 4.69) is 10.4 Å². The van der Waals surface area contributed by atoms with Crippen LogP contribution in [0.15, 0.2) is 12.4 Å². The second-order valence-corrected chi connectivity index (χ2v) is 8.53. The minimum absolute atomic E-state index is 0.0243. The molecule has 0 spiro atoms. The number of hydrogen-bond donors (Lipinski definition) is 1. The van der Waals surface area contributed by atoms with E-state index in [0.29, 0.717) is 50.0 Å². The fraction of sp³-hybridized carbons (Fsp3) is 0.700. The normalized spacial score (nSPS) is 23.3. The van der Waals surface area contributed by atoms with Crippen molar-refractivity contribution in [2.24, 2.45) is 24.8 Å². The van der Waals surface area contributed by atoms with Crippen LogP contribution in [0.2, 0.25) is 0 Å². The Morgan fingerprint density at radius 1 is 1.18 bits per heavy atom. The van der Waals surface area contributed by atoms with Gasteiger partial charge in [0.15, 0.2) is 0 Å². The van der Waals surface area contributed by atoms with Gasteiger partial charge in [0.2, 0.25) is 11.8 Å². The first-order chi connectivity index (χ1) is 13.5. The van der Waals surface area contributed by atoms with Crippen molar-refractivity contribution in [1.29, 1.82) is 0 Å². The summed E-state index contributed by atoms with van der Waals surface area (Å²) in [6.07, 6.45) is 7.85. The number of nitrogens with one attached hydrogen (secondary N) is 1. The molecule has 2 aliphatic heterocycles. The topological polar surface area (TPSA) is 87.5 Å². The molecule has 8 nitrogen and oxygen atoms in total. The lowest BCUT2D eigenvalue weighted by Crippen LogP contribution is -2.42. The lowest BCUT2D eigenvalue weighted by Gasteiger charge is -2.33. The molecule has 4 rings (SSSR count). The van der Waals surface area contributed by atoms with Crippen molar-refractivity contribution < 1.29 is 14.4 Å². The molecule has 1 aliphatic carbocycles. The van der Waals surface area contributed by atoms with Gasteiger partial charge in [-0.15, -0.1) is 0 Å². The van der Waals surface area contributed by atoms with E-state index in [1.165, 1.54) is 12.8 Å². The van der Waals surface area contributed by atoms with Crippen LogP contribution in [0.25, 0.3) is 0 Å². The number of hydrogen-bond acceptors (Lipinski definition) is 4. The Kier molecular flexibility index (Phi) is 5.37. The molecule has 152 valence electrons. The minimum Gasteiger partial charge on any atom is -0.356 e. The molecule has 1 aromatic rings. The molecule has 3 fully saturated rings. The van der Waals surface area contributed by atoms with Crippen LogP contribution in [0.5, 0.6) is 0 Å². The van der Waals surface area contributed by atoms with Gasteiger partial charge in [-0.25, -0.2) is 0 Å². The summed E-state index contributed by atoms with van der Waals surface area (Å²) in [5.74, 6) is 0.960. The zero-order valence-electron chi connectivity index (χ0n) is 16.5. The third kappa shape index (κ3) is 4.36. The number of likely N-dealkylation sites (tertiary alicyclic amines) is 2. The first kappa shape index (κ1) is 19.0. The Labute approximate surface area is 165 Å². The average Bonchev–Trinajstić information content (AvgIpc) is 3.32. The fourth-order valence-electron chi connectivity index (χ4n) is 4.18. The van der Waals surface area contributed by atoms with Crippen LogP contribution in [0, 0.1) is 17.8 Å². The van der Waals surface area contributed by atoms with Crippen LogP contribution >= 0.6 is 0 Å². The van der Waals surface area contributed by atoms with Crippen LogP contribution in [0.4, 0.5) is 0 Å². The summed E-state index contributed by atoms with van der Waals surface area (Å²) >= 11 is 0. The predicted molar refractivity (Wildman–Crippen MR) is 102 cm³/mol. The first-order valence-electron chi connectivity index (χ1n) is 10.3. The van der Waals surface area contributed by atoms with Gasteiger partial charge in [-0.3, -0.25) is 19.1 Å². The van der Waals surface area contributed by atoms with E-state index < -0.39 is 0 Å². The number of carbonyl (C=O) groups is 3. The summed E-state index contributed by atoms with van der Waals surface area (Å²) in [4.78, 5) is 40.9. The van der Waals surface area contributed by atoms with Crippen LogP contribution in [0.1, 0.15) is 42.5 Å². The molecule has 0 radical (unpaired) electrons. The highest BCUT2D eigenvalue weighted by atomic mass is 16.2. The third-order valence-corrected chi connectivity index (χ3v) is 6.18. The highest BCUT2D eigenvalue weighted by Gasteiger charge is 2.36. The Balaban J connectivity index is 1.22. The molecule has 1 unspecified atom stereocenters. The zero-order valence-corrected chi connectivity index (χ0v) is 16.5. The molecule has 1 saturated carbocycles. The van der Waals surface area contributed by atoms with Gasteiger partial charge in [-0.2, -0.15) is 5.10 Å². The van der Waals surface area contributed by atoms with Crippen molar-refractivity contribution >= 4 is 17.7 Å². The van der Waals surface area contributed by atoms with Gasteiger partial charge < -0.3 is 15.1 Å². The molecule has 1 aromatic heterocycles. The first-order valence-corrected chi connectivity index (χ1v) is 10.3. The van der Waals surface area contributed by atoms with E-state index in [-0.39, 0.29) is 23.6 Å². The fourth-order valence-corrected chi connectivity index (χ4v) is 4.18. The second kappa shape index (κ2) is 7.93. The zero-order chi connectivity index (χ0) is 19.7. The smallest absolute Gasteiger partial charge is 0.257 e. The van der Waals surface area contributed by atoms with Gasteiger partial charge >= 0.3 is 0 Å². The van der Waals surface area contributed by atoms with Gasteiger partial charge in [-0.1, -0.05) is 0 Å². The van der Waals surface area contributed by atoms with Crippen LogP contribution in [0.3, 0.4) is 0 Å². The molecule has 28 heavy (non-hydrogen) atoms. The Hall–Kier alpha value is -2.38. The third-order valence-electron chi connectivity index (χ3n) is 6.18. The molecule has 1 atom stereocenters. The number of rotatable bonds is 6. The van der Waals surface area contributed by atoms with Crippen LogP contribution in [-0.4, -0.2) is 70.0 Å². The molecule has 1 N–H and O–H groups in total. The lowest BCUT2D eigenvalue weighted by atomic mass is 9.96. The summed E-state index contributed by atoms with van der Waals surface area (Å²) in [6.45, 7) is 3.38. The van der Waals surface area contributed by atoms with Gasteiger partial charge in [0.1, 0.15) is 0 Å². The van der Waals surface area contributed by atoms with Crippen molar-refractivity contribution in [1.82, 2.24) is 24.9 Å². The number of piperidine rings is 1. The summed E-state index contributed by atoms with van der Waals surface area (Å²) in [6, 6.07) is 0. The van der Waals surface area contributed by atoms with Crippen molar-refractivity contribution in [2.75, 3.05) is 32.7 Å². The molecule has 3 amide bonds. The number of aryl methyl sites for hydroxylation is 1. The maximum absolute atomic E-state index is 12.5. The van der Waals surface area contributed by atoms with Gasteiger partial charge in [0.05, 0.1) is 17.7 Å². The number of aromatic nitrogens is 2. The monoisotopic (exact) mass is 387 g/mol. The largest absolute Gasteiger partial charge is 0.356 e. The molecular formula is C20H29N5O3. The highest BCUT2D eigenvalue weighted by Crippen LogP contribution is 2.28. The van der Waals surface area contributed by atoms with Gasteiger partial charge in [-0.05, 0) is 37.5 Å². The molecule has 3 aliphatic rings. The van der Waals surface area contributed by atoms with E-state index in [4.69, 9.17) is 0 Å². The molecular weight excluding hydrogens is 358 g/mol. The highest BCUT2D eigenvalue weighted by molar-refractivity contribution is 5.93. The van der Waals surface area contributed by atoms with E-state index in [1.54, 1.807) is 24.1 Å².